The van der Waals surface area contributed by atoms with E-state index in [1.807, 2.05) is 35.0 Å². The molecular formula is C24H28N6O3S. The van der Waals surface area contributed by atoms with Gasteiger partial charge in [-0.25, -0.2) is 9.67 Å². The molecule has 1 saturated heterocycles. The van der Waals surface area contributed by atoms with Crippen molar-refractivity contribution in [2.45, 2.75) is 39.0 Å². The van der Waals surface area contributed by atoms with Gasteiger partial charge in [0.25, 0.3) is 11.8 Å². The van der Waals surface area contributed by atoms with E-state index in [4.69, 9.17) is 4.74 Å². The van der Waals surface area contributed by atoms with Crippen LogP contribution in [0.15, 0.2) is 30.3 Å². The van der Waals surface area contributed by atoms with Crippen LogP contribution in [0.25, 0.3) is 5.69 Å². The number of aryl methyl sites for hydroxylation is 1. The van der Waals surface area contributed by atoms with Crippen molar-refractivity contribution in [2.75, 3.05) is 31.2 Å². The summed E-state index contributed by atoms with van der Waals surface area (Å²) >= 11 is 1.32. The highest BCUT2D eigenvalue weighted by Crippen LogP contribution is 2.28. The molecule has 178 valence electrons. The second-order valence-corrected chi connectivity index (χ2v) is 9.48. The van der Waals surface area contributed by atoms with Gasteiger partial charge in [-0.2, -0.15) is 5.10 Å². The molecule has 34 heavy (non-hydrogen) atoms. The Morgan fingerprint density at radius 3 is 2.53 bits per heavy atom. The monoisotopic (exact) mass is 480 g/mol. The molecule has 0 saturated carbocycles. The molecule has 1 aliphatic carbocycles. The fraction of sp³-hybridized carbons (Fsp3) is 0.417. The van der Waals surface area contributed by atoms with Gasteiger partial charge in [-0.05, 0) is 44.7 Å². The Hall–Kier alpha value is -3.24. The van der Waals surface area contributed by atoms with Crippen LogP contribution in [-0.2, 0) is 17.6 Å². The minimum atomic E-state index is -0.406. The standard InChI is InChI=1S/C24H28N6O3S/c1-16-21(34-24(25-16)29-12-14-33-15-13-29)23(32)27-26-22(31)20-18-10-6-3-7-11-19(18)30(28-20)17-8-4-2-5-9-17/h2,4-5,8-9H,3,6-7,10-15H2,1H3,(H,26,31)(H,27,32). The molecule has 0 unspecified atom stereocenters. The molecule has 2 aromatic heterocycles. The summed E-state index contributed by atoms with van der Waals surface area (Å²) in [4.78, 5) is 33.1. The molecule has 0 spiro atoms. The molecule has 10 heteroatoms. The maximum atomic E-state index is 13.1. The SMILES string of the molecule is Cc1nc(N2CCOCC2)sc1C(=O)NNC(=O)c1nn(-c2ccccc2)c2c1CCCCC2. The molecule has 3 heterocycles. The fourth-order valence-electron chi connectivity index (χ4n) is 4.45. The van der Waals surface area contributed by atoms with Crippen molar-refractivity contribution in [1.82, 2.24) is 25.6 Å². The first kappa shape index (κ1) is 22.5. The number of nitrogens with one attached hydrogen (secondary N) is 2. The molecule has 1 aromatic carbocycles. The number of carbonyl (C=O) groups excluding carboxylic acids is 2. The lowest BCUT2D eigenvalue weighted by atomic mass is 10.1. The number of hydrogen-bond acceptors (Lipinski definition) is 7. The maximum Gasteiger partial charge on any atom is 0.290 e. The summed E-state index contributed by atoms with van der Waals surface area (Å²) in [5.41, 5.74) is 9.13. The number of anilines is 1. The van der Waals surface area contributed by atoms with Crippen LogP contribution < -0.4 is 15.8 Å². The van der Waals surface area contributed by atoms with Gasteiger partial charge >= 0.3 is 0 Å². The molecule has 3 aromatic rings. The molecule has 1 fully saturated rings. The van der Waals surface area contributed by atoms with Crippen molar-refractivity contribution < 1.29 is 14.3 Å². The second-order valence-electron chi connectivity index (χ2n) is 8.50. The minimum absolute atomic E-state index is 0.371. The number of aromatic nitrogens is 3. The summed E-state index contributed by atoms with van der Waals surface area (Å²) in [6.07, 6.45) is 4.89. The fourth-order valence-corrected chi connectivity index (χ4v) is 5.47. The predicted octanol–water partition coefficient (Wildman–Crippen LogP) is 2.82. The molecule has 9 nitrogen and oxygen atoms in total. The molecule has 0 radical (unpaired) electrons. The Balaban J connectivity index is 1.32. The summed E-state index contributed by atoms with van der Waals surface area (Å²) in [6, 6.07) is 9.85. The van der Waals surface area contributed by atoms with Crippen LogP contribution in [0.5, 0.6) is 0 Å². The van der Waals surface area contributed by atoms with E-state index >= 15 is 0 Å². The average molecular weight is 481 g/mol. The normalized spacial score (nSPS) is 16.0. The number of ether oxygens (including phenoxy) is 1. The molecule has 2 aliphatic rings. The first-order valence-electron chi connectivity index (χ1n) is 11.7. The zero-order chi connectivity index (χ0) is 23.5. The first-order valence-corrected chi connectivity index (χ1v) is 12.5. The van der Waals surface area contributed by atoms with Crippen LogP contribution in [0, 0.1) is 6.92 Å². The highest BCUT2D eigenvalue weighted by atomic mass is 32.1. The van der Waals surface area contributed by atoms with E-state index in [-0.39, 0.29) is 5.91 Å². The molecule has 0 atom stereocenters. The van der Waals surface area contributed by atoms with Crippen molar-refractivity contribution in [1.29, 1.82) is 0 Å². The molecule has 1 aliphatic heterocycles. The lowest BCUT2D eigenvalue weighted by Gasteiger charge is -2.25. The zero-order valence-electron chi connectivity index (χ0n) is 19.2. The number of morpholine rings is 1. The summed E-state index contributed by atoms with van der Waals surface area (Å²) < 4.78 is 7.26. The third kappa shape index (κ3) is 4.55. The lowest BCUT2D eigenvalue weighted by Crippen LogP contribution is -2.42. The number of hydrogen-bond donors (Lipinski definition) is 2. The van der Waals surface area contributed by atoms with Gasteiger partial charge in [0, 0.05) is 24.3 Å². The number of carbonyl (C=O) groups is 2. The number of nitrogens with zero attached hydrogens (tertiary/aromatic N) is 4. The van der Waals surface area contributed by atoms with Crippen LogP contribution in [0.4, 0.5) is 5.13 Å². The van der Waals surface area contributed by atoms with E-state index in [1.54, 1.807) is 6.92 Å². The third-order valence-electron chi connectivity index (χ3n) is 6.21. The molecule has 5 rings (SSSR count). The highest BCUT2D eigenvalue weighted by Gasteiger charge is 2.26. The zero-order valence-corrected chi connectivity index (χ0v) is 20.0. The van der Waals surface area contributed by atoms with Crippen molar-refractivity contribution >= 4 is 28.3 Å². The topological polar surface area (TPSA) is 101 Å². The van der Waals surface area contributed by atoms with Gasteiger partial charge in [0.05, 0.1) is 24.6 Å². The maximum absolute atomic E-state index is 13.1. The number of para-hydroxylation sites is 1. The number of amides is 2. The predicted molar refractivity (Wildman–Crippen MR) is 130 cm³/mol. The molecule has 0 bridgehead atoms. The molecule has 2 amide bonds. The van der Waals surface area contributed by atoms with E-state index in [9.17, 15) is 9.59 Å². The van der Waals surface area contributed by atoms with Gasteiger partial charge in [-0.15, -0.1) is 0 Å². The van der Waals surface area contributed by atoms with E-state index < -0.39 is 5.91 Å². The van der Waals surface area contributed by atoms with Gasteiger partial charge in [-0.1, -0.05) is 36.0 Å². The first-order chi connectivity index (χ1) is 16.6. The summed E-state index contributed by atoms with van der Waals surface area (Å²) in [5.74, 6) is -0.784. The van der Waals surface area contributed by atoms with Crippen LogP contribution in [0.1, 0.15) is 56.4 Å². The largest absolute Gasteiger partial charge is 0.378 e. The Morgan fingerprint density at radius 1 is 1.00 bits per heavy atom. The molecular weight excluding hydrogens is 452 g/mol. The van der Waals surface area contributed by atoms with Gasteiger partial charge in [0.1, 0.15) is 4.88 Å². The van der Waals surface area contributed by atoms with Gasteiger partial charge < -0.3 is 9.64 Å². The van der Waals surface area contributed by atoms with Gasteiger partial charge in [0.15, 0.2) is 10.8 Å². The summed E-state index contributed by atoms with van der Waals surface area (Å²) in [5, 5.41) is 5.46. The Kier molecular flexibility index (Phi) is 6.59. The Bertz CT molecular complexity index is 1180. The van der Waals surface area contributed by atoms with Crippen molar-refractivity contribution in [2.24, 2.45) is 0 Å². The van der Waals surface area contributed by atoms with E-state index in [2.05, 4.69) is 25.8 Å². The lowest BCUT2D eigenvalue weighted by molar-refractivity contribution is 0.0844. The number of fused-ring (bicyclic) bond motifs is 1. The Morgan fingerprint density at radius 2 is 1.74 bits per heavy atom. The van der Waals surface area contributed by atoms with Gasteiger partial charge in [0.2, 0.25) is 0 Å². The van der Waals surface area contributed by atoms with E-state index in [0.717, 1.165) is 67.3 Å². The molecule has 2 N–H and O–H groups in total. The van der Waals surface area contributed by atoms with Crippen LogP contribution >= 0.6 is 11.3 Å². The van der Waals surface area contributed by atoms with Crippen molar-refractivity contribution in [3.05, 3.63) is 57.9 Å². The average Bonchev–Trinajstić information content (AvgIpc) is 3.35. The summed E-state index contributed by atoms with van der Waals surface area (Å²) in [7, 11) is 0. The minimum Gasteiger partial charge on any atom is -0.378 e. The number of benzene rings is 1. The van der Waals surface area contributed by atoms with Crippen LogP contribution in [0.3, 0.4) is 0 Å². The Labute approximate surface area is 202 Å². The number of hydrazine groups is 1. The van der Waals surface area contributed by atoms with Crippen LogP contribution in [-0.4, -0.2) is 52.9 Å². The number of thiazole rings is 1. The van der Waals surface area contributed by atoms with Gasteiger partial charge in [-0.3, -0.25) is 20.4 Å². The smallest absolute Gasteiger partial charge is 0.290 e. The van der Waals surface area contributed by atoms with Crippen molar-refractivity contribution in [3.63, 3.8) is 0 Å². The van der Waals surface area contributed by atoms with E-state index in [1.165, 1.54) is 11.3 Å². The van der Waals surface area contributed by atoms with Crippen molar-refractivity contribution in [3.8, 4) is 5.69 Å². The second kappa shape index (κ2) is 9.94. The highest BCUT2D eigenvalue weighted by molar-refractivity contribution is 7.17. The van der Waals surface area contributed by atoms with Crippen LogP contribution in [0.2, 0.25) is 0 Å². The van der Waals surface area contributed by atoms with E-state index in [0.29, 0.717) is 29.5 Å². The summed E-state index contributed by atoms with van der Waals surface area (Å²) in [6.45, 7) is 4.60. The third-order valence-corrected chi connectivity index (χ3v) is 7.43. The quantitative estimate of drug-likeness (QED) is 0.440. The number of rotatable bonds is 4.